The van der Waals surface area contributed by atoms with Crippen LogP contribution in [-0.2, 0) is 14.3 Å². The maximum atomic E-state index is 12.0. The summed E-state index contributed by atoms with van der Waals surface area (Å²) in [5, 5.41) is 4.92. The van der Waals surface area contributed by atoms with Gasteiger partial charge in [-0.1, -0.05) is 23.5 Å². The molecule has 0 spiro atoms. The number of benzene rings is 1. The van der Waals surface area contributed by atoms with E-state index in [1.54, 1.807) is 17.5 Å². The molecule has 2 heterocycles. The van der Waals surface area contributed by atoms with Crippen LogP contribution in [0.3, 0.4) is 0 Å². The highest BCUT2D eigenvalue weighted by molar-refractivity contribution is 7.22. The van der Waals surface area contributed by atoms with Gasteiger partial charge >= 0.3 is 5.97 Å². The van der Waals surface area contributed by atoms with Gasteiger partial charge in [0.05, 0.1) is 21.5 Å². The molecule has 0 aliphatic carbocycles. The van der Waals surface area contributed by atoms with E-state index in [9.17, 15) is 14.4 Å². The van der Waals surface area contributed by atoms with Crippen molar-refractivity contribution >= 4 is 55.7 Å². The maximum Gasteiger partial charge on any atom is 0.306 e. The minimum absolute atomic E-state index is 0.0520. The average Bonchev–Trinajstić information content (AvgIpc) is 3.27. The lowest BCUT2D eigenvalue weighted by Crippen LogP contribution is -2.21. The number of fused-ring (bicyclic) bond motifs is 1. The third kappa shape index (κ3) is 4.99. The number of anilines is 1. The smallest absolute Gasteiger partial charge is 0.306 e. The van der Waals surface area contributed by atoms with Gasteiger partial charge in [0.25, 0.3) is 5.91 Å². The molecule has 140 valence electrons. The zero-order valence-electron chi connectivity index (χ0n) is 14.9. The number of ether oxygens (including phenoxy) is 1. The molecule has 0 saturated heterocycles. The van der Waals surface area contributed by atoms with E-state index in [0.29, 0.717) is 10.0 Å². The molecule has 0 aliphatic rings. The quantitative estimate of drug-likeness (QED) is 0.475. The predicted octanol–water partition coefficient (Wildman–Crippen LogP) is 4.12. The summed E-state index contributed by atoms with van der Waals surface area (Å²) in [6.07, 6.45) is 0.0150. The number of thiophene rings is 1. The number of rotatable bonds is 7. The molecule has 0 saturated carbocycles. The van der Waals surface area contributed by atoms with Crippen molar-refractivity contribution in [2.24, 2.45) is 0 Å². The van der Waals surface area contributed by atoms with Crippen LogP contribution < -0.4 is 5.32 Å². The number of esters is 1. The molecule has 0 atom stereocenters. The van der Waals surface area contributed by atoms with Gasteiger partial charge in [-0.15, -0.1) is 11.3 Å². The number of carbonyl (C=O) groups is 3. The minimum Gasteiger partial charge on any atom is -0.456 e. The fourth-order valence-electron chi connectivity index (χ4n) is 2.57. The van der Waals surface area contributed by atoms with Gasteiger partial charge in [-0.25, -0.2) is 4.98 Å². The molecule has 0 fully saturated rings. The molecule has 6 nitrogen and oxygen atoms in total. The van der Waals surface area contributed by atoms with Crippen LogP contribution in [0.4, 0.5) is 5.13 Å². The monoisotopic (exact) mass is 402 g/mol. The Hall–Kier alpha value is -2.58. The SMILES string of the molecule is Cc1cc(C)c2nc(NC(=O)COC(=O)CCC(=O)c3cccs3)sc2c1. The van der Waals surface area contributed by atoms with Crippen molar-refractivity contribution in [3.8, 4) is 0 Å². The highest BCUT2D eigenvalue weighted by Crippen LogP contribution is 2.29. The fourth-order valence-corrected chi connectivity index (χ4v) is 4.33. The number of Topliss-reactive ketones (excluding diaryl/α,β-unsaturated/α-hetero) is 1. The predicted molar refractivity (Wildman–Crippen MR) is 107 cm³/mol. The van der Waals surface area contributed by atoms with Crippen LogP contribution in [0.5, 0.6) is 0 Å². The Kier molecular flexibility index (Phi) is 5.98. The van der Waals surface area contributed by atoms with Crippen LogP contribution in [0.2, 0.25) is 0 Å². The maximum absolute atomic E-state index is 12.0. The largest absolute Gasteiger partial charge is 0.456 e. The summed E-state index contributed by atoms with van der Waals surface area (Å²) in [6.45, 7) is 3.58. The van der Waals surface area contributed by atoms with Crippen molar-refractivity contribution in [3.63, 3.8) is 0 Å². The molecule has 0 bridgehead atoms. The van der Waals surface area contributed by atoms with E-state index in [1.165, 1.54) is 22.7 Å². The van der Waals surface area contributed by atoms with Gasteiger partial charge in [0.15, 0.2) is 17.5 Å². The third-order valence-electron chi connectivity index (χ3n) is 3.79. The number of hydrogen-bond donors (Lipinski definition) is 1. The normalized spacial score (nSPS) is 10.7. The first kappa shape index (κ1) is 19.2. The van der Waals surface area contributed by atoms with Crippen LogP contribution in [0.1, 0.15) is 33.6 Å². The molecule has 27 heavy (non-hydrogen) atoms. The first-order valence-electron chi connectivity index (χ1n) is 8.32. The van der Waals surface area contributed by atoms with Crippen LogP contribution in [0.15, 0.2) is 29.6 Å². The van der Waals surface area contributed by atoms with Crippen LogP contribution >= 0.6 is 22.7 Å². The Morgan fingerprint density at radius 3 is 2.74 bits per heavy atom. The van der Waals surface area contributed by atoms with Gasteiger partial charge in [0.2, 0.25) is 0 Å². The van der Waals surface area contributed by atoms with E-state index in [1.807, 2.05) is 26.0 Å². The number of aromatic nitrogens is 1. The van der Waals surface area contributed by atoms with Crippen molar-refractivity contribution in [3.05, 3.63) is 45.6 Å². The lowest BCUT2D eigenvalue weighted by Gasteiger charge is -2.04. The van der Waals surface area contributed by atoms with Crippen molar-refractivity contribution in [1.82, 2.24) is 4.98 Å². The number of nitrogens with one attached hydrogen (secondary N) is 1. The molecular weight excluding hydrogens is 384 g/mol. The van der Waals surface area contributed by atoms with Gasteiger partial charge in [-0.3, -0.25) is 19.7 Å². The first-order valence-corrected chi connectivity index (χ1v) is 10.0. The topological polar surface area (TPSA) is 85.4 Å². The van der Waals surface area contributed by atoms with E-state index in [4.69, 9.17) is 4.74 Å². The van der Waals surface area contributed by atoms with Crippen LogP contribution in [0, 0.1) is 13.8 Å². The van der Waals surface area contributed by atoms with Crippen LogP contribution in [-0.4, -0.2) is 29.3 Å². The standard InChI is InChI=1S/C19H18N2O4S2/c1-11-8-12(2)18-15(9-11)27-19(21-18)20-16(23)10-25-17(24)6-5-13(22)14-4-3-7-26-14/h3-4,7-9H,5-6,10H2,1-2H3,(H,20,21,23). The van der Waals surface area contributed by atoms with Crippen LogP contribution in [0.25, 0.3) is 10.2 Å². The highest BCUT2D eigenvalue weighted by atomic mass is 32.1. The summed E-state index contributed by atoms with van der Waals surface area (Å²) in [7, 11) is 0. The number of amides is 1. The molecule has 0 unspecified atom stereocenters. The molecule has 0 radical (unpaired) electrons. The average molecular weight is 402 g/mol. The van der Waals surface area contributed by atoms with Gasteiger partial charge < -0.3 is 4.74 Å². The lowest BCUT2D eigenvalue weighted by molar-refractivity contribution is -0.147. The van der Waals surface area contributed by atoms with Gasteiger partial charge in [0, 0.05) is 6.42 Å². The molecule has 8 heteroatoms. The number of thiazole rings is 1. The summed E-state index contributed by atoms with van der Waals surface area (Å²) < 4.78 is 5.93. The molecule has 3 rings (SSSR count). The summed E-state index contributed by atoms with van der Waals surface area (Å²) in [4.78, 5) is 40.6. The summed E-state index contributed by atoms with van der Waals surface area (Å²) >= 11 is 2.71. The first-order chi connectivity index (χ1) is 12.9. The lowest BCUT2D eigenvalue weighted by atomic mass is 10.1. The van der Waals surface area contributed by atoms with Crippen molar-refractivity contribution in [2.45, 2.75) is 26.7 Å². The molecule has 3 aromatic rings. The molecule has 1 aromatic carbocycles. The van der Waals surface area contributed by atoms with Gasteiger partial charge in [-0.05, 0) is 42.5 Å². The van der Waals surface area contributed by atoms with E-state index < -0.39 is 18.5 Å². The van der Waals surface area contributed by atoms with Gasteiger partial charge in [-0.2, -0.15) is 0 Å². The Labute approximate surface area is 164 Å². The Bertz CT molecular complexity index is 993. The minimum atomic E-state index is -0.578. The molecule has 0 aliphatic heterocycles. The van der Waals surface area contributed by atoms with Crippen molar-refractivity contribution in [2.75, 3.05) is 11.9 Å². The van der Waals surface area contributed by atoms with E-state index in [0.717, 1.165) is 21.3 Å². The van der Waals surface area contributed by atoms with Crippen molar-refractivity contribution in [1.29, 1.82) is 0 Å². The fraction of sp³-hybridized carbons (Fsp3) is 0.263. The Morgan fingerprint density at radius 1 is 1.19 bits per heavy atom. The van der Waals surface area contributed by atoms with E-state index in [2.05, 4.69) is 10.3 Å². The molecule has 2 aromatic heterocycles. The second kappa shape index (κ2) is 8.41. The highest BCUT2D eigenvalue weighted by Gasteiger charge is 2.14. The number of hydrogen-bond acceptors (Lipinski definition) is 7. The van der Waals surface area contributed by atoms with Gasteiger partial charge in [0.1, 0.15) is 0 Å². The second-order valence-electron chi connectivity index (χ2n) is 6.06. The Balaban J connectivity index is 1.47. The summed E-state index contributed by atoms with van der Waals surface area (Å²) in [5.74, 6) is -1.14. The third-order valence-corrected chi connectivity index (χ3v) is 5.62. The van der Waals surface area contributed by atoms with E-state index in [-0.39, 0.29) is 18.6 Å². The number of ketones is 1. The summed E-state index contributed by atoms with van der Waals surface area (Å²) in [5.41, 5.74) is 3.03. The number of nitrogens with zero attached hydrogens (tertiary/aromatic N) is 1. The van der Waals surface area contributed by atoms with E-state index >= 15 is 0 Å². The number of carbonyl (C=O) groups excluding carboxylic acids is 3. The number of aryl methyl sites for hydroxylation is 2. The second-order valence-corrected chi connectivity index (χ2v) is 8.04. The van der Waals surface area contributed by atoms with Crippen molar-refractivity contribution < 1.29 is 19.1 Å². The molecule has 1 N–H and O–H groups in total. The zero-order chi connectivity index (χ0) is 19.4. The molecular formula is C19H18N2O4S2. The zero-order valence-corrected chi connectivity index (χ0v) is 16.5. The summed E-state index contributed by atoms with van der Waals surface area (Å²) in [6, 6.07) is 7.55. The Morgan fingerprint density at radius 2 is 2.00 bits per heavy atom. The molecule has 1 amide bonds.